The predicted molar refractivity (Wildman–Crippen MR) is 55.4 cm³/mol. The van der Waals surface area contributed by atoms with Crippen molar-refractivity contribution in [2.24, 2.45) is 0 Å². The highest BCUT2D eigenvalue weighted by Crippen LogP contribution is 2.49. The summed E-state index contributed by atoms with van der Waals surface area (Å²) in [5, 5.41) is 0. The Bertz CT molecular complexity index is 238. The Kier molecular flexibility index (Phi) is 2.31. The molecule has 0 radical (unpaired) electrons. The molecule has 3 saturated heterocycles. The van der Waals surface area contributed by atoms with E-state index in [4.69, 9.17) is 14.2 Å². The smallest absolute Gasteiger partial charge is 0.172 e. The summed E-state index contributed by atoms with van der Waals surface area (Å²) in [5.41, 5.74) is 0. The van der Waals surface area contributed by atoms with Gasteiger partial charge in [0.05, 0.1) is 12.7 Å². The third kappa shape index (κ3) is 1.71. The molecule has 0 saturated carbocycles. The molecular formula is C12H20O3. The predicted octanol–water partition coefficient (Wildman–Crippen LogP) is 2.59. The van der Waals surface area contributed by atoms with Gasteiger partial charge < -0.3 is 14.2 Å². The van der Waals surface area contributed by atoms with Gasteiger partial charge in [-0.15, -0.1) is 0 Å². The van der Waals surface area contributed by atoms with Gasteiger partial charge in [-0.1, -0.05) is 0 Å². The Morgan fingerprint density at radius 2 is 1.87 bits per heavy atom. The molecule has 0 aromatic rings. The summed E-state index contributed by atoms with van der Waals surface area (Å²) in [6, 6.07) is 0. The fourth-order valence-electron chi connectivity index (χ4n) is 3.09. The number of ether oxygens (including phenoxy) is 3. The third-order valence-electron chi connectivity index (χ3n) is 3.92. The van der Waals surface area contributed by atoms with Crippen molar-refractivity contribution >= 4 is 0 Å². The molecule has 3 nitrogen and oxygen atoms in total. The van der Waals surface area contributed by atoms with Crippen LogP contribution >= 0.6 is 0 Å². The molecule has 0 bridgehead atoms. The first-order valence-corrected chi connectivity index (χ1v) is 6.24. The van der Waals surface area contributed by atoms with Crippen molar-refractivity contribution in [3.8, 4) is 0 Å². The van der Waals surface area contributed by atoms with E-state index in [-0.39, 0.29) is 11.6 Å². The molecule has 3 atom stereocenters. The molecule has 0 aromatic heterocycles. The monoisotopic (exact) mass is 212 g/mol. The first-order valence-electron chi connectivity index (χ1n) is 6.24. The summed E-state index contributed by atoms with van der Waals surface area (Å²) in [4.78, 5) is 0. The van der Waals surface area contributed by atoms with Crippen LogP contribution in [-0.2, 0) is 14.2 Å². The lowest BCUT2D eigenvalue weighted by Crippen LogP contribution is -2.40. The van der Waals surface area contributed by atoms with E-state index < -0.39 is 0 Å². The average Bonchev–Trinajstić information content (AvgIpc) is 2.75. The maximum absolute atomic E-state index is 6.16. The average molecular weight is 212 g/mol. The van der Waals surface area contributed by atoms with Crippen LogP contribution < -0.4 is 0 Å². The lowest BCUT2D eigenvalue weighted by atomic mass is 10.0. The Hall–Kier alpha value is -0.120. The van der Waals surface area contributed by atoms with Crippen molar-refractivity contribution in [3.05, 3.63) is 0 Å². The first-order chi connectivity index (χ1) is 7.22. The number of hydrogen-bond donors (Lipinski definition) is 0. The molecule has 0 aliphatic carbocycles. The molecule has 0 unspecified atom stereocenters. The second-order valence-electron chi connectivity index (χ2n) is 5.20. The van der Waals surface area contributed by atoms with Gasteiger partial charge >= 0.3 is 0 Å². The summed E-state index contributed by atoms with van der Waals surface area (Å²) >= 11 is 0. The largest absolute Gasteiger partial charge is 0.350 e. The molecule has 2 spiro atoms. The molecule has 3 heteroatoms. The zero-order chi connectivity index (χ0) is 10.4. The Labute approximate surface area is 91.1 Å². The highest BCUT2D eigenvalue weighted by Gasteiger charge is 2.54. The van der Waals surface area contributed by atoms with Crippen molar-refractivity contribution in [1.29, 1.82) is 0 Å². The van der Waals surface area contributed by atoms with E-state index in [0.717, 1.165) is 38.7 Å². The highest BCUT2D eigenvalue weighted by molar-refractivity contribution is 4.92. The van der Waals surface area contributed by atoms with Crippen LogP contribution in [0.25, 0.3) is 0 Å². The van der Waals surface area contributed by atoms with Gasteiger partial charge in [0.2, 0.25) is 0 Å². The van der Waals surface area contributed by atoms with Gasteiger partial charge in [-0.3, -0.25) is 0 Å². The molecule has 15 heavy (non-hydrogen) atoms. The van der Waals surface area contributed by atoms with E-state index in [1.807, 2.05) is 0 Å². The van der Waals surface area contributed by atoms with Crippen LogP contribution in [0.1, 0.15) is 51.9 Å². The highest BCUT2D eigenvalue weighted by atomic mass is 16.8. The Morgan fingerprint density at radius 1 is 1.00 bits per heavy atom. The number of rotatable bonds is 0. The van der Waals surface area contributed by atoms with Gasteiger partial charge in [-0.25, -0.2) is 0 Å². The first kappa shape index (κ1) is 10.1. The Balaban J connectivity index is 1.71. The SMILES string of the molecule is C[C@H]1CC[C@@]2(CC[C@]3(CCCCO3)O2)O1. The van der Waals surface area contributed by atoms with E-state index in [0.29, 0.717) is 6.10 Å². The minimum atomic E-state index is -0.295. The standard InChI is InChI=1S/C12H20O3/c1-10-4-6-12(14-10)8-7-11(15-12)5-2-3-9-13-11/h10H,2-9H2,1H3/t10-,11-,12+/m0/s1. The van der Waals surface area contributed by atoms with Crippen LogP contribution in [0.5, 0.6) is 0 Å². The lowest BCUT2D eigenvalue weighted by Gasteiger charge is -2.35. The topological polar surface area (TPSA) is 27.7 Å². The second kappa shape index (κ2) is 3.44. The van der Waals surface area contributed by atoms with Crippen LogP contribution in [0.15, 0.2) is 0 Å². The summed E-state index contributed by atoms with van der Waals surface area (Å²) in [6.07, 6.45) is 7.99. The molecule has 3 rings (SSSR count). The van der Waals surface area contributed by atoms with Crippen LogP contribution in [0, 0.1) is 0 Å². The molecule has 3 fully saturated rings. The van der Waals surface area contributed by atoms with E-state index in [9.17, 15) is 0 Å². The zero-order valence-electron chi connectivity index (χ0n) is 9.46. The van der Waals surface area contributed by atoms with Crippen LogP contribution in [0.2, 0.25) is 0 Å². The third-order valence-corrected chi connectivity index (χ3v) is 3.92. The normalized spacial score (nSPS) is 50.6. The van der Waals surface area contributed by atoms with Gasteiger partial charge in [0, 0.05) is 25.7 Å². The fraction of sp³-hybridized carbons (Fsp3) is 1.00. The molecule has 3 aliphatic rings. The van der Waals surface area contributed by atoms with Crippen molar-refractivity contribution in [1.82, 2.24) is 0 Å². The molecular weight excluding hydrogens is 192 g/mol. The van der Waals surface area contributed by atoms with E-state index in [1.54, 1.807) is 0 Å². The van der Waals surface area contributed by atoms with Crippen molar-refractivity contribution < 1.29 is 14.2 Å². The maximum atomic E-state index is 6.16. The van der Waals surface area contributed by atoms with E-state index >= 15 is 0 Å². The molecule has 3 heterocycles. The van der Waals surface area contributed by atoms with Gasteiger partial charge in [-0.2, -0.15) is 0 Å². The van der Waals surface area contributed by atoms with Crippen molar-refractivity contribution in [2.45, 2.75) is 69.5 Å². The maximum Gasteiger partial charge on any atom is 0.172 e. The van der Waals surface area contributed by atoms with Gasteiger partial charge in [0.15, 0.2) is 11.6 Å². The summed E-state index contributed by atoms with van der Waals surface area (Å²) in [7, 11) is 0. The zero-order valence-corrected chi connectivity index (χ0v) is 9.46. The minimum absolute atomic E-state index is 0.289. The number of hydrogen-bond acceptors (Lipinski definition) is 3. The molecule has 0 amide bonds. The van der Waals surface area contributed by atoms with Crippen LogP contribution in [0.3, 0.4) is 0 Å². The minimum Gasteiger partial charge on any atom is -0.350 e. The molecule has 0 aromatic carbocycles. The molecule has 86 valence electrons. The quantitative estimate of drug-likeness (QED) is 0.617. The van der Waals surface area contributed by atoms with E-state index in [2.05, 4.69) is 6.92 Å². The van der Waals surface area contributed by atoms with Gasteiger partial charge in [0.1, 0.15) is 0 Å². The van der Waals surface area contributed by atoms with Crippen LogP contribution in [-0.4, -0.2) is 24.3 Å². The second-order valence-corrected chi connectivity index (χ2v) is 5.20. The van der Waals surface area contributed by atoms with Gasteiger partial charge in [-0.05, 0) is 26.2 Å². The summed E-state index contributed by atoms with van der Waals surface area (Å²) in [6.45, 7) is 2.98. The summed E-state index contributed by atoms with van der Waals surface area (Å²) < 4.78 is 17.9. The van der Waals surface area contributed by atoms with Crippen molar-refractivity contribution in [2.75, 3.05) is 6.61 Å². The fourth-order valence-corrected chi connectivity index (χ4v) is 3.09. The summed E-state index contributed by atoms with van der Waals surface area (Å²) in [5.74, 6) is -0.584. The van der Waals surface area contributed by atoms with Gasteiger partial charge in [0.25, 0.3) is 0 Å². The lowest BCUT2D eigenvalue weighted by molar-refractivity contribution is -0.322. The molecule has 3 aliphatic heterocycles. The Morgan fingerprint density at radius 3 is 2.53 bits per heavy atom. The molecule has 0 N–H and O–H groups in total. The van der Waals surface area contributed by atoms with Crippen molar-refractivity contribution in [3.63, 3.8) is 0 Å². The van der Waals surface area contributed by atoms with Crippen LogP contribution in [0.4, 0.5) is 0 Å². The van der Waals surface area contributed by atoms with E-state index in [1.165, 1.54) is 12.8 Å².